The van der Waals surface area contributed by atoms with E-state index in [2.05, 4.69) is 22.6 Å². The fraction of sp³-hybridized carbons (Fsp3) is 0.923. The van der Waals surface area contributed by atoms with Gasteiger partial charge in [-0.25, -0.2) is 0 Å². The van der Waals surface area contributed by atoms with Gasteiger partial charge >= 0.3 is 0 Å². The van der Waals surface area contributed by atoms with Crippen LogP contribution >= 0.6 is 22.6 Å². The number of ketones is 1. The lowest BCUT2D eigenvalue weighted by Gasteiger charge is -2.40. The third kappa shape index (κ3) is 4.38. The molecule has 9 heteroatoms. The summed E-state index contributed by atoms with van der Waals surface area (Å²) in [6.45, 7) is 4.97. The Labute approximate surface area is 144 Å². The quantitative estimate of drug-likeness (QED) is 0.353. The number of hydrogen-bond acceptors (Lipinski definition) is 7. The first-order valence-corrected chi connectivity index (χ1v) is 10.3. The van der Waals surface area contributed by atoms with E-state index in [9.17, 15) is 13.2 Å². The third-order valence-electron chi connectivity index (χ3n) is 3.50. The molecule has 7 nitrogen and oxygen atoms in total. The van der Waals surface area contributed by atoms with Crippen molar-refractivity contribution in [1.82, 2.24) is 0 Å². The minimum absolute atomic E-state index is 0.0215. The van der Waals surface area contributed by atoms with E-state index < -0.39 is 46.4 Å². The smallest absolute Gasteiger partial charge is 0.264 e. The van der Waals surface area contributed by atoms with Crippen molar-refractivity contribution >= 4 is 38.5 Å². The van der Waals surface area contributed by atoms with Crippen molar-refractivity contribution in [2.75, 3.05) is 10.7 Å². The van der Waals surface area contributed by atoms with Crippen LogP contribution in [0.15, 0.2) is 0 Å². The minimum Gasteiger partial charge on any atom is -0.368 e. The van der Waals surface area contributed by atoms with Gasteiger partial charge in [-0.1, -0.05) is 22.6 Å². The van der Waals surface area contributed by atoms with Crippen molar-refractivity contribution in [3.63, 3.8) is 0 Å². The standard InChI is InChI=1S/C13H21IO7S/c1-7(15)5-8-10-12(20-13(2,3)19-10)11(9(6-14)18-8)21-22(4,16)17/h8-12H,5-6H2,1-4H3/t8-,9+,10+,11+,12+/m0/s1. The first kappa shape index (κ1) is 18.5. The number of Topliss-reactive ketones (excluding diaryl/α,β-unsaturated/α-hetero) is 1. The summed E-state index contributed by atoms with van der Waals surface area (Å²) >= 11 is 2.10. The lowest BCUT2D eigenvalue weighted by Crippen LogP contribution is -2.58. The molecule has 22 heavy (non-hydrogen) atoms. The summed E-state index contributed by atoms with van der Waals surface area (Å²) in [7, 11) is -3.67. The van der Waals surface area contributed by atoms with E-state index in [-0.39, 0.29) is 12.2 Å². The molecule has 0 spiro atoms. The van der Waals surface area contributed by atoms with Crippen LogP contribution in [0.25, 0.3) is 0 Å². The number of fused-ring (bicyclic) bond motifs is 1. The van der Waals surface area contributed by atoms with E-state index in [4.69, 9.17) is 18.4 Å². The van der Waals surface area contributed by atoms with Gasteiger partial charge in [0.2, 0.25) is 0 Å². The normalized spacial score (nSPS) is 37.8. The topological polar surface area (TPSA) is 88.1 Å². The zero-order valence-electron chi connectivity index (χ0n) is 12.9. The van der Waals surface area contributed by atoms with Gasteiger partial charge in [0.15, 0.2) is 5.79 Å². The Balaban J connectivity index is 2.30. The fourth-order valence-electron chi connectivity index (χ4n) is 2.84. The molecule has 5 atom stereocenters. The molecule has 0 aromatic heterocycles. The van der Waals surface area contributed by atoms with Crippen LogP contribution in [0.2, 0.25) is 0 Å². The Hall–Kier alpha value is 0.190. The van der Waals surface area contributed by atoms with Crippen LogP contribution in [-0.2, 0) is 33.3 Å². The van der Waals surface area contributed by atoms with Crippen LogP contribution in [-0.4, -0.2) is 61.2 Å². The first-order valence-electron chi connectivity index (χ1n) is 6.97. The highest BCUT2D eigenvalue weighted by Crippen LogP contribution is 2.40. The highest BCUT2D eigenvalue weighted by molar-refractivity contribution is 14.1. The molecule has 0 unspecified atom stereocenters. The van der Waals surface area contributed by atoms with Crippen molar-refractivity contribution in [1.29, 1.82) is 0 Å². The van der Waals surface area contributed by atoms with E-state index in [1.807, 2.05) is 0 Å². The van der Waals surface area contributed by atoms with E-state index in [0.29, 0.717) is 4.43 Å². The van der Waals surface area contributed by atoms with Gasteiger partial charge in [0, 0.05) is 10.8 Å². The second-order valence-corrected chi connectivity index (χ2v) is 8.58. The van der Waals surface area contributed by atoms with Gasteiger partial charge in [0.1, 0.15) is 24.1 Å². The van der Waals surface area contributed by atoms with Crippen molar-refractivity contribution < 1.29 is 31.6 Å². The van der Waals surface area contributed by atoms with Gasteiger partial charge < -0.3 is 14.2 Å². The highest BCUT2D eigenvalue weighted by atomic mass is 127. The summed E-state index contributed by atoms with van der Waals surface area (Å²) in [5.74, 6) is -0.903. The van der Waals surface area contributed by atoms with E-state index in [0.717, 1.165) is 6.26 Å². The molecule has 0 aromatic carbocycles. The van der Waals surface area contributed by atoms with Crippen LogP contribution in [0.1, 0.15) is 27.2 Å². The molecule has 2 aliphatic rings. The van der Waals surface area contributed by atoms with Gasteiger partial charge in [-0.2, -0.15) is 8.42 Å². The summed E-state index contributed by atoms with van der Waals surface area (Å²) in [5, 5.41) is 0. The van der Waals surface area contributed by atoms with E-state index >= 15 is 0 Å². The lowest BCUT2D eigenvalue weighted by atomic mass is 9.93. The number of hydrogen-bond donors (Lipinski definition) is 0. The average molecular weight is 448 g/mol. The van der Waals surface area contributed by atoms with Crippen molar-refractivity contribution in [3.8, 4) is 0 Å². The molecular formula is C13H21IO7S. The van der Waals surface area contributed by atoms with Gasteiger partial charge in [0.05, 0.1) is 18.5 Å². The maximum atomic E-state index is 11.5. The van der Waals surface area contributed by atoms with Crippen LogP contribution in [0.4, 0.5) is 0 Å². The van der Waals surface area contributed by atoms with Gasteiger partial charge in [-0.15, -0.1) is 0 Å². The molecule has 0 saturated carbocycles. The van der Waals surface area contributed by atoms with Crippen LogP contribution in [0.3, 0.4) is 0 Å². The predicted octanol–water partition coefficient (Wildman–Crippen LogP) is 1.03. The van der Waals surface area contributed by atoms with Crippen molar-refractivity contribution in [2.45, 2.75) is 63.5 Å². The Morgan fingerprint density at radius 1 is 1.23 bits per heavy atom. The summed E-state index contributed by atoms with van der Waals surface area (Å²) in [5.41, 5.74) is 0. The highest BCUT2D eigenvalue weighted by Gasteiger charge is 2.56. The van der Waals surface area contributed by atoms with Gasteiger partial charge in [0.25, 0.3) is 10.1 Å². The monoisotopic (exact) mass is 448 g/mol. The molecule has 2 fully saturated rings. The lowest BCUT2D eigenvalue weighted by molar-refractivity contribution is -0.173. The summed E-state index contributed by atoms with van der Waals surface area (Å²) in [6, 6.07) is 0. The Kier molecular flexibility index (Phi) is 5.55. The van der Waals surface area contributed by atoms with Crippen LogP contribution in [0.5, 0.6) is 0 Å². The summed E-state index contributed by atoms with van der Waals surface area (Å²) < 4.78 is 46.4. The molecule has 2 saturated heterocycles. The van der Waals surface area contributed by atoms with Crippen LogP contribution < -0.4 is 0 Å². The second-order valence-electron chi connectivity index (χ2n) is 6.10. The number of ether oxygens (including phenoxy) is 3. The van der Waals surface area contributed by atoms with E-state index in [1.165, 1.54) is 6.92 Å². The molecule has 0 aliphatic carbocycles. The number of carbonyl (C=O) groups excluding carboxylic acids is 1. The molecule has 0 bridgehead atoms. The molecule has 0 aromatic rings. The first-order chi connectivity index (χ1) is 10.0. The number of halogens is 1. The maximum absolute atomic E-state index is 11.5. The third-order valence-corrected chi connectivity index (χ3v) is 4.94. The summed E-state index contributed by atoms with van der Waals surface area (Å²) in [4.78, 5) is 11.5. The molecule has 128 valence electrons. The summed E-state index contributed by atoms with van der Waals surface area (Å²) in [6.07, 6.45) is -1.69. The Bertz CT molecular complexity index is 533. The minimum atomic E-state index is -3.67. The SMILES string of the molecule is CC(=O)C[C@@H]1O[C@H](CI)[C@@H](OS(C)(=O)=O)[C@@H]2OC(C)(C)O[C@@H]21. The molecule has 2 heterocycles. The molecule has 2 aliphatic heterocycles. The molecule has 0 N–H and O–H groups in total. The molecule has 2 rings (SSSR count). The van der Waals surface area contributed by atoms with Crippen LogP contribution in [0, 0.1) is 0 Å². The second kappa shape index (κ2) is 6.60. The van der Waals surface area contributed by atoms with Gasteiger partial charge in [-0.3, -0.25) is 8.98 Å². The number of carbonyl (C=O) groups is 1. The Morgan fingerprint density at radius 2 is 1.82 bits per heavy atom. The molecule has 0 amide bonds. The zero-order chi connectivity index (χ0) is 16.7. The molecule has 0 radical (unpaired) electrons. The number of alkyl halides is 1. The number of rotatable bonds is 5. The zero-order valence-corrected chi connectivity index (χ0v) is 15.9. The Morgan fingerprint density at radius 3 is 2.32 bits per heavy atom. The van der Waals surface area contributed by atoms with Crippen molar-refractivity contribution in [3.05, 3.63) is 0 Å². The maximum Gasteiger partial charge on any atom is 0.264 e. The molecular weight excluding hydrogens is 427 g/mol. The van der Waals surface area contributed by atoms with Crippen molar-refractivity contribution in [2.24, 2.45) is 0 Å². The van der Waals surface area contributed by atoms with E-state index in [1.54, 1.807) is 13.8 Å². The largest absolute Gasteiger partial charge is 0.368 e. The average Bonchev–Trinajstić information content (AvgIpc) is 2.66. The fourth-order valence-corrected chi connectivity index (χ4v) is 4.19. The predicted molar refractivity (Wildman–Crippen MR) is 86.4 cm³/mol. The van der Waals surface area contributed by atoms with Gasteiger partial charge in [-0.05, 0) is 20.8 Å².